The minimum Gasteiger partial charge on any atom is -0.359 e. The molecule has 1 saturated heterocycles. The Labute approximate surface area is 181 Å². The Morgan fingerprint density at radius 3 is 2.58 bits per heavy atom. The number of hydrogen-bond acceptors (Lipinski definition) is 4. The first-order chi connectivity index (χ1) is 15.2. The summed E-state index contributed by atoms with van der Waals surface area (Å²) in [7, 11) is 2.12. The second-order valence-electron chi connectivity index (χ2n) is 8.06. The Balaban J connectivity index is 1.46. The van der Waals surface area contributed by atoms with Gasteiger partial charge in [-0.25, -0.2) is 0 Å². The Morgan fingerprint density at radius 1 is 1.03 bits per heavy atom. The first-order valence-corrected chi connectivity index (χ1v) is 10.6. The van der Waals surface area contributed by atoms with Crippen LogP contribution in [-0.4, -0.2) is 64.1 Å². The fraction of sp³-hybridized carbons (Fsp3) is 0.250. The quantitative estimate of drug-likeness (QED) is 0.467. The van der Waals surface area contributed by atoms with Gasteiger partial charge in [0.05, 0.1) is 17.4 Å². The van der Waals surface area contributed by atoms with Crippen molar-refractivity contribution in [1.29, 1.82) is 0 Å². The molecule has 31 heavy (non-hydrogen) atoms. The van der Waals surface area contributed by atoms with E-state index in [1.165, 1.54) is 0 Å². The van der Waals surface area contributed by atoms with Gasteiger partial charge in [-0.2, -0.15) is 5.10 Å². The Bertz CT molecular complexity index is 1160. The smallest absolute Gasteiger partial charge is 0.246 e. The number of fused-ring (bicyclic) bond motifs is 1. The van der Waals surface area contributed by atoms with E-state index in [0.29, 0.717) is 0 Å². The number of nitrogens with one attached hydrogen (secondary N) is 3. The van der Waals surface area contributed by atoms with Crippen molar-refractivity contribution in [3.63, 3.8) is 0 Å². The first-order valence-electron chi connectivity index (χ1n) is 10.6. The number of carbonyl (C=O) groups excluding carboxylic acids is 1. The van der Waals surface area contributed by atoms with E-state index in [4.69, 9.17) is 0 Å². The lowest BCUT2D eigenvalue weighted by Crippen LogP contribution is -2.48. The predicted octanol–water partition coefficient (Wildman–Crippen LogP) is 3.49. The maximum Gasteiger partial charge on any atom is 0.246 e. The highest BCUT2D eigenvalue weighted by atomic mass is 16.2. The molecule has 3 N–H and O–H groups in total. The number of piperazine rings is 1. The van der Waals surface area contributed by atoms with Crippen molar-refractivity contribution in [1.82, 2.24) is 25.0 Å². The van der Waals surface area contributed by atoms with Crippen LogP contribution in [0.15, 0.2) is 67.1 Å². The highest BCUT2D eigenvalue weighted by Crippen LogP contribution is 2.33. The van der Waals surface area contributed by atoms with Crippen LogP contribution in [0, 0.1) is 0 Å². The van der Waals surface area contributed by atoms with Crippen LogP contribution in [0.1, 0.15) is 11.6 Å². The summed E-state index contributed by atoms with van der Waals surface area (Å²) in [5.74, 6) is -0.0114. The van der Waals surface area contributed by atoms with Crippen LogP contribution >= 0.6 is 0 Å². The van der Waals surface area contributed by atoms with Crippen LogP contribution in [-0.2, 0) is 4.79 Å². The van der Waals surface area contributed by atoms with Crippen LogP contribution in [0.4, 0.5) is 5.69 Å². The number of nitrogens with zero attached hydrogens (tertiary/aromatic N) is 3. The molecular weight excluding hydrogens is 388 g/mol. The number of hydrogen-bond donors (Lipinski definition) is 3. The number of aromatic nitrogens is 3. The summed E-state index contributed by atoms with van der Waals surface area (Å²) in [6.07, 6.45) is 5.62. The zero-order chi connectivity index (χ0) is 21.2. The van der Waals surface area contributed by atoms with Gasteiger partial charge in [0.2, 0.25) is 5.91 Å². The van der Waals surface area contributed by atoms with Gasteiger partial charge in [0, 0.05) is 55.1 Å². The summed E-state index contributed by atoms with van der Waals surface area (Å²) in [6.45, 7) is 3.63. The van der Waals surface area contributed by atoms with Crippen LogP contribution in [0.3, 0.4) is 0 Å². The summed E-state index contributed by atoms with van der Waals surface area (Å²) < 4.78 is 0. The van der Waals surface area contributed by atoms with E-state index in [1.807, 2.05) is 54.9 Å². The molecule has 4 aromatic rings. The normalized spacial score (nSPS) is 16.4. The first kappa shape index (κ1) is 19.5. The molecular formula is C24H26N6O. The molecule has 0 unspecified atom stereocenters. The lowest BCUT2D eigenvalue weighted by Gasteiger charge is -2.37. The molecule has 0 bridgehead atoms. The van der Waals surface area contributed by atoms with Gasteiger partial charge in [-0.1, -0.05) is 42.5 Å². The number of benzene rings is 2. The van der Waals surface area contributed by atoms with Crippen molar-refractivity contribution in [2.24, 2.45) is 0 Å². The maximum atomic E-state index is 13.6. The molecule has 2 aromatic heterocycles. The van der Waals surface area contributed by atoms with E-state index < -0.39 is 0 Å². The Hall–Kier alpha value is -3.42. The number of anilines is 1. The molecule has 2 aromatic carbocycles. The van der Waals surface area contributed by atoms with Crippen molar-refractivity contribution in [2.75, 3.05) is 38.5 Å². The highest BCUT2D eigenvalue weighted by molar-refractivity contribution is 6.06. The van der Waals surface area contributed by atoms with Gasteiger partial charge in [0.1, 0.15) is 6.04 Å². The third-order valence-corrected chi connectivity index (χ3v) is 6.05. The third-order valence-electron chi connectivity index (χ3n) is 6.05. The van der Waals surface area contributed by atoms with Gasteiger partial charge < -0.3 is 15.2 Å². The van der Waals surface area contributed by atoms with Crippen molar-refractivity contribution in [3.8, 4) is 11.1 Å². The molecule has 0 spiro atoms. The van der Waals surface area contributed by atoms with Crippen LogP contribution in [0.5, 0.6) is 0 Å². The van der Waals surface area contributed by atoms with E-state index in [2.05, 4.69) is 43.4 Å². The van der Waals surface area contributed by atoms with Crippen molar-refractivity contribution >= 4 is 22.5 Å². The molecule has 1 atom stereocenters. The summed E-state index contributed by atoms with van der Waals surface area (Å²) in [4.78, 5) is 21.5. The average Bonchev–Trinajstić information content (AvgIpc) is 3.46. The number of rotatable bonds is 5. The molecule has 0 saturated carbocycles. The number of carbonyl (C=O) groups is 1. The summed E-state index contributed by atoms with van der Waals surface area (Å²) in [6, 6.07) is 15.7. The van der Waals surface area contributed by atoms with Gasteiger partial charge in [-0.15, -0.1) is 0 Å². The van der Waals surface area contributed by atoms with Crippen LogP contribution in [0.2, 0.25) is 0 Å². The number of H-pyrrole nitrogens is 2. The largest absolute Gasteiger partial charge is 0.359 e. The molecule has 5 rings (SSSR count). The third kappa shape index (κ3) is 3.85. The molecule has 1 amide bonds. The number of aromatic amines is 2. The van der Waals surface area contributed by atoms with E-state index >= 15 is 0 Å². The fourth-order valence-electron chi connectivity index (χ4n) is 4.34. The fourth-order valence-corrected chi connectivity index (χ4v) is 4.34. The second-order valence-corrected chi connectivity index (χ2v) is 8.06. The zero-order valence-corrected chi connectivity index (χ0v) is 17.5. The molecule has 3 heterocycles. The summed E-state index contributed by atoms with van der Waals surface area (Å²) >= 11 is 0. The SMILES string of the molecule is CN1CCN([C@H](C(=O)Nc2cccc3c(-c4cn[nH]c4)c[nH]c23)c2ccccc2)CC1. The van der Waals surface area contributed by atoms with Crippen molar-refractivity contribution < 1.29 is 4.79 Å². The second kappa shape index (κ2) is 8.37. The number of amides is 1. The minimum atomic E-state index is -0.325. The number of para-hydroxylation sites is 1. The molecule has 0 radical (unpaired) electrons. The standard InChI is InChI=1S/C24H26N6O/c1-29-10-12-30(13-11-29)23(17-6-3-2-4-7-17)24(31)28-21-9-5-8-19-20(16-25-22(19)21)18-14-26-27-15-18/h2-9,14-16,23,25H,10-13H2,1H3,(H,26,27)(H,28,31)/t23-/m0/s1. The highest BCUT2D eigenvalue weighted by Gasteiger charge is 2.30. The van der Waals surface area contributed by atoms with Crippen LogP contribution in [0.25, 0.3) is 22.0 Å². The Morgan fingerprint density at radius 2 is 1.84 bits per heavy atom. The van der Waals surface area contributed by atoms with E-state index in [0.717, 1.165) is 59.5 Å². The molecule has 1 aliphatic rings. The lowest BCUT2D eigenvalue weighted by atomic mass is 10.0. The van der Waals surface area contributed by atoms with E-state index in [-0.39, 0.29) is 11.9 Å². The van der Waals surface area contributed by atoms with Crippen LogP contribution < -0.4 is 5.32 Å². The lowest BCUT2D eigenvalue weighted by molar-refractivity contribution is -0.122. The monoisotopic (exact) mass is 414 g/mol. The van der Waals surface area contributed by atoms with Gasteiger partial charge in [-0.05, 0) is 18.7 Å². The summed E-state index contributed by atoms with van der Waals surface area (Å²) in [5, 5.41) is 11.2. The molecule has 1 fully saturated rings. The molecule has 158 valence electrons. The molecule has 1 aliphatic heterocycles. The summed E-state index contributed by atoms with van der Waals surface area (Å²) in [5.41, 5.74) is 4.78. The van der Waals surface area contributed by atoms with E-state index in [1.54, 1.807) is 6.20 Å². The van der Waals surface area contributed by atoms with E-state index in [9.17, 15) is 4.79 Å². The average molecular weight is 415 g/mol. The maximum absolute atomic E-state index is 13.6. The van der Waals surface area contributed by atoms with Crippen molar-refractivity contribution in [2.45, 2.75) is 6.04 Å². The molecule has 7 heteroatoms. The topological polar surface area (TPSA) is 80.0 Å². The van der Waals surface area contributed by atoms with Gasteiger partial charge in [0.25, 0.3) is 0 Å². The predicted molar refractivity (Wildman–Crippen MR) is 123 cm³/mol. The van der Waals surface area contributed by atoms with Crippen molar-refractivity contribution in [3.05, 3.63) is 72.7 Å². The zero-order valence-electron chi connectivity index (χ0n) is 17.5. The van der Waals surface area contributed by atoms with Gasteiger partial charge in [-0.3, -0.25) is 14.8 Å². The molecule has 7 nitrogen and oxygen atoms in total. The van der Waals surface area contributed by atoms with Gasteiger partial charge in [0.15, 0.2) is 0 Å². The molecule has 0 aliphatic carbocycles. The minimum absolute atomic E-state index is 0.0114. The Kier molecular flexibility index (Phi) is 5.28. The van der Waals surface area contributed by atoms with Gasteiger partial charge >= 0.3 is 0 Å². The number of likely N-dealkylation sites (N-methyl/N-ethyl adjacent to an activating group) is 1.